The normalized spacial score (nSPS) is 35.5. The number of Topliss-reactive ketones (excluding diaryl/α,β-unsaturated/α-hetero) is 1. The van der Waals surface area contributed by atoms with E-state index in [2.05, 4.69) is 41.3 Å². The van der Waals surface area contributed by atoms with Crippen LogP contribution >= 0.6 is 0 Å². The number of fused-ring (bicyclic) bond motifs is 11. The van der Waals surface area contributed by atoms with Crippen LogP contribution in [0.15, 0.2) is 85.0 Å². The summed E-state index contributed by atoms with van der Waals surface area (Å²) in [6.07, 6.45) is 11.4. The van der Waals surface area contributed by atoms with Crippen LogP contribution in [-0.2, 0) is 4.79 Å². The van der Waals surface area contributed by atoms with Gasteiger partial charge >= 0.3 is 0 Å². The second-order valence-corrected chi connectivity index (χ2v) is 10.7. The summed E-state index contributed by atoms with van der Waals surface area (Å²) >= 11 is 0. The van der Waals surface area contributed by atoms with Crippen molar-refractivity contribution >= 4 is 11.7 Å². The maximum atomic E-state index is 14.0. The number of carbonyl (C=O) groups is 1. The number of anilines is 1. The molecule has 5 nitrogen and oxygen atoms in total. The molecule has 5 heteroatoms. The fourth-order valence-corrected chi connectivity index (χ4v) is 7.96. The molecule has 3 fully saturated rings. The van der Waals surface area contributed by atoms with Crippen molar-refractivity contribution in [1.82, 2.24) is 15.2 Å². The molecule has 1 aromatic heterocycles. The zero-order chi connectivity index (χ0) is 23.1. The van der Waals surface area contributed by atoms with E-state index in [9.17, 15) is 4.79 Å². The molecule has 0 spiro atoms. The van der Waals surface area contributed by atoms with E-state index >= 15 is 0 Å². The molecule has 3 aliphatic carbocycles. The first-order valence-electron chi connectivity index (χ1n) is 12.8. The number of hydrogen-bond donors (Lipinski definition) is 0. The highest BCUT2D eigenvalue weighted by Crippen LogP contribution is 2.61. The Bertz CT molecular complexity index is 1380. The van der Waals surface area contributed by atoms with Crippen molar-refractivity contribution in [3.8, 4) is 22.5 Å². The van der Waals surface area contributed by atoms with Crippen LogP contribution in [0, 0.1) is 35.5 Å². The number of hydrogen-bond acceptors (Lipinski definition) is 5. The van der Waals surface area contributed by atoms with Gasteiger partial charge in [0.2, 0.25) is 5.95 Å². The number of aromatic nitrogens is 3. The SMILES string of the molecule is O=C1C2C3C=CC(C3)C2C2C3C=CCC3C1N2c1nnc(-c2ccccc2)c(-c2ccccc2)n1. The summed E-state index contributed by atoms with van der Waals surface area (Å²) in [4.78, 5) is 21.5. The van der Waals surface area contributed by atoms with Crippen molar-refractivity contribution in [2.75, 3.05) is 4.90 Å². The molecule has 2 aliphatic heterocycles. The minimum Gasteiger partial charge on any atom is -0.325 e. The van der Waals surface area contributed by atoms with Crippen molar-refractivity contribution < 1.29 is 4.79 Å². The van der Waals surface area contributed by atoms with Crippen LogP contribution in [0.3, 0.4) is 0 Å². The Hall–Kier alpha value is -3.60. The smallest absolute Gasteiger partial charge is 0.246 e. The van der Waals surface area contributed by atoms with Gasteiger partial charge < -0.3 is 4.90 Å². The van der Waals surface area contributed by atoms with Crippen LogP contribution in [0.1, 0.15) is 12.8 Å². The molecule has 0 amide bonds. The zero-order valence-electron chi connectivity index (χ0n) is 19.3. The summed E-state index contributed by atoms with van der Waals surface area (Å²) in [6, 6.07) is 20.5. The Labute approximate surface area is 204 Å². The molecule has 8 unspecified atom stereocenters. The lowest BCUT2D eigenvalue weighted by atomic mass is 9.72. The molecule has 172 valence electrons. The molecule has 35 heavy (non-hydrogen) atoms. The predicted octanol–water partition coefficient (Wildman–Crippen LogP) is 4.98. The lowest BCUT2D eigenvalue weighted by Gasteiger charge is -2.45. The first kappa shape index (κ1) is 19.7. The van der Waals surface area contributed by atoms with Crippen LogP contribution in [-0.4, -0.2) is 33.0 Å². The number of rotatable bonds is 3. The summed E-state index contributed by atoms with van der Waals surface area (Å²) < 4.78 is 0. The molecule has 8 atom stereocenters. The lowest BCUT2D eigenvalue weighted by Crippen LogP contribution is -2.58. The summed E-state index contributed by atoms with van der Waals surface area (Å²) in [5, 5.41) is 9.47. The van der Waals surface area contributed by atoms with E-state index < -0.39 is 0 Å². The molecule has 4 bridgehead atoms. The van der Waals surface area contributed by atoms with Crippen molar-refractivity contribution in [3.63, 3.8) is 0 Å². The fraction of sp³-hybridized carbons (Fsp3) is 0.333. The van der Waals surface area contributed by atoms with Crippen LogP contribution in [0.4, 0.5) is 5.95 Å². The summed E-state index contributed by atoms with van der Waals surface area (Å²) in [7, 11) is 0. The van der Waals surface area contributed by atoms with Gasteiger partial charge in [-0.2, -0.15) is 0 Å². The van der Waals surface area contributed by atoms with Crippen LogP contribution < -0.4 is 4.90 Å². The molecule has 1 saturated carbocycles. The topological polar surface area (TPSA) is 59.0 Å². The van der Waals surface area contributed by atoms with Crippen LogP contribution in [0.25, 0.3) is 22.5 Å². The van der Waals surface area contributed by atoms with Crippen molar-refractivity contribution in [1.29, 1.82) is 0 Å². The third-order valence-electron chi connectivity index (χ3n) is 9.22. The van der Waals surface area contributed by atoms with Gasteiger partial charge in [-0.3, -0.25) is 4.79 Å². The lowest BCUT2D eigenvalue weighted by molar-refractivity contribution is -0.128. The Morgan fingerprint density at radius 3 is 2.29 bits per heavy atom. The molecular formula is C30H26N4O. The van der Waals surface area contributed by atoms with E-state index in [4.69, 9.17) is 15.2 Å². The standard InChI is InChI=1S/C30H26N4O/c35-29-24-20-15-14-19(16-20)23(24)27-21-12-7-13-22(21)28(29)34(27)30-31-25(17-8-3-1-4-9-17)26(32-33-30)18-10-5-2-6-11-18/h1-12,14-15,19-24,27-28H,13,16H2. The number of piperidine rings is 1. The molecule has 3 aromatic rings. The zero-order valence-corrected chi connectivity index (χ0v) is 19.3. The van der Waals surface area contributed by atoms with Crippen LogP contribution in [0.2, 0.25) is 0 Å². The van der Waals surface area contributed by atoms with Crippen molar-refractivity contribution in [2.45, 2.75) is 24.9 Å². The second kappa shape index (κ2) is 7.20. The van der Waals surface area contributed by atoms with E-state index in [0.29, 0.717) is 41.3 Å². The van der Waals surface area contributed by atoms with E-state index in [1.54, 1.807) is 0 Å². The Balaban J connectivity index is 1.30. The van der Waals surface area contributed by atoms with Gasteiger partial charge in [0.25, 0.3) is 0 Å². The largest absolute Gasteiger partial charge is 0.325 e. The van der Waals surface area contributed by atoms with Crippen molar-refractivity contribution in [2.24, 2.45) is 35.5 Å². The summed E-state index contributed by atoms with van der Waals surface area (Å²) in [5.41, 5.74) is 3.61. The van der Waals surface area contributed by atoms with Crippen molar-refractivity contribution in [3.05, 3.63) is 85.0 Å². The number of allylic oxidation sites excluding steroid dienone is 3. The van der Waals surface area contributed by atoms with E-state index in [1.165, 1.54) is 0 Å². The summed E-state index contributed by atoms with van der Waals surface area (Å²) in [5.74, 6) is 3.17. The highest BCUT2D eigenvalue weighted by atomic mass is 16.1. The van der Waals surface area contributed by atoms with Gasteiger partial charge in [-0.1, -0.05) is 85.0 Å². The molecule has 2 aromatic carbocycles. The van der Waals surface area contributed by atoms with E-state index in [0.717, 1.165) is 35.4 Å². The van der Waals surface area contributed by atoms with Gasteiger partial charge in [-0.15, -0.1) is 10.2 Å². The minimum absolute atomic E-state index is 0.151. The van der Waals surface area contributed by atoms with Crippen LogP contribution in [0.5, 0.6) is 0 Å². The van der Waals surface area contributed by atoms with Gasteiger partial charge in [0.05, 0.1) is 6.04 Å². The number of carbonyl (C=O) groups excluding carboxylic acids is 1. The molecule has 0 radical (unpaired) electrons. The first-order valence-corrected chi connectivity index (χ1v) is 12.8. The van der Waals surface area contributed by atoms with E-state index in [1.807, 2.05) is 48.5 Å². The predicted molar refractivity (Wildman–Crippen MR) is 134 cm³/mol. The Kier molecular flexibility index (Phi) is 4.05. The molecule has 0 N–H and O–H groups in total. The van der Waals surface area contributed by atoms with Gasteiger partial charge in [-0.25, -0.2) is 4.98 Å². The third kappa shape index (κ3) is 2.64. The Morgan fingerprint density at radius 1 is 0.800 bits per heavy atom. The van der Waals surface area contributed by atoms with Gasteiger partial charge in [0, 0.05) is 29.0 Å². The summed E-state index contributed by atoms with van der Waals surface area (Å²) in [6.45, 7) is 0. The monoisotopic (exact) mass is 458 g/mol. The maximum absolute atomic E-state index is 14.0. The average molecular weight is 459 g/mol. The Morgan fingerprint density at radius 2 is 1.51 bits per heavy atom. The average Bonchev–Trinajstić information content (AvgIpc) is 3.69. The highest BCUT2D eigenvalue weighted by molar-refractivity contribution is 5.94. The number of benzene rings is 2. The fourth-order valence-electron chi connectivity index (χ4n) is 7.96. The molecule has 3 heterocycles. The van der Waals surface area contributed by atoms with E-state index in [-0.39, 0.29) is 18.0 Å². The van der Waals surface area contributed by atoms with Gasteiger partial charge in [0.1, 0.15) is 11.4 Å². The quantitative estimate of drug-likeness (QED) is 0.519. The molecular weight excluding hydrogens is 432 g/mol. The molecule has 2 saturated heterocycles. The third-order valence-corrected chi connectivity index (χ3v) is 9.22. The second-order valence-electron chi connectivity index (χ2n) is 10.7. The van der Waals surface area contributed by atoms with Gasteiger partial charge in [0.15, 0.2) is 5.78 Å². The minimum atomic E-state index is -0.151. The number of nitrogens with zero attached hydrogens (tertiary/aromatic N) is 4. The first-order chi connectivity index (χ1) is 17.3. The number of ketones is 1. The van der Waals surface area contributed by atoms with Gasteiger partial charge in [-0.05, 0) is 36.5 Å². The highest BCUT2D eigenvalue weighted by Gasteiger charge is 2.67. The molecule has 5 aliphatic rings. The molecule has 8 rings (SSSR count). The maximum Gasteiger partial charge on any atom is 0.246 e.